The van der Waals surface area contributed by atoms with E-state index >= 15 is 0 Å². The van der Waals surface area contributed by atoms with Gasteiger partial charge < -0.3 is 4.57 Å². The number of hydrogen-bond acceptors (Lipinski definition) is 5. The Balaban J connectivity index is 1.49. The molecule has 1 unspecified atom stereocenters. The van der Waals surface area contributed by atoms with Gasteiger partial charge in [-0.2, -0.15) is 0 Å². The van der Waals surface area contributed by atoms with E-state index in [0.717, 1.165) is 43.8 Å². The van der Waals surface area contributed by atoms with Gasteiger partial charge in [-0.3, -0.25) is 24.0 Å². The van der Waals surface area contributed by atoms with Gasteiger partial charge in [0.05, 0.1) is 23.1 Å². The van der Waals surface area contributed by atoms with Gasteiger partial charge in [-0.1, -0.05) is 12.1 Å². The monoisotopic (exact) mass is 391 g/mol. The largest absolute Gasteiger partial charge is 0.311 e. The zero-order chi connectivity index (χ0) is 19.8. The van der Waals surface area contributed by atoms with Gasteiger partial charge in [0.25, 0.3) is 11.1 Å². The van der Waals surface area contributed by atoms with Crippen LogP contribution in [0.1, 0.15) is 37.5 Å². The Kier molecular flexibility index (Phi) is 4.75. The van der Waals surface area contributed by atoms with Crippen LogP contribution in [0.5, 0.6) is 0 Å². The molecule has 1 saturated carbocycles. The summed E-state index contributed by atoms with van der Waals surface area (Å²) in [5, 5.41) is 0.699. The molecule has 0 spiro atoms. The zero-order valence-corrected chi connectivity index (χ0v) is 16.4. The van der Waals surface area contributed by atoms with Crippen molar-refractivity contribution in [2.24, 2.45) is 5.92 Å². The predicted octanol–water partition coefficient (Wildman–Crippen LogP) is 2.20. The average Bonchev–Trinajstić information content (AvgIpc) is 3.44. The SMILES string of the molecule is O=c1cnccn1CCN1CCCC1c1nc2ccccc2c(=O)n1CC1CC1. The number of nitrogens with zero attached hydrogens (tertiary/aromatic N) is 5. The van der Waals surface area contributed by atoms with Gasteiger partial charge in [0.15, 0.2) is 0 Å². The smallest absolute Gasteiger partial charge is 0.269 e. The maximum absolute atomic E-state index is 13.3. The molecule has 7 heteroatoms. The van der Waals surface area contributed by atoms with Gasteiger partial charge in [0.2, 0.25) is 0 Å². The third kappa shape index (κ3) is 3.62. The lowest BCUT2D eigenvalue weighted by Gasteiger charge is -2.26. The Morgan fingerprint density at radius 1 is 1.07 bits per heavy atom. The molecule has 1 aromatic carbocycles. The van der Waals surface area contributed by atoms with Crippen LogP contribution in [0.3, 0.4) is 0 Å². The summed E-state index contributed by atoms with van der Waals surface area (Å²) in [5.74, 6) is 1.49. The van der Waals surface area contributed by atoms with Crippen LogP contribution in [-0.4, -0.2) is 37.1 Å². The molecule has 29 heavy (non-hydrogen) atoms. The molecule has 3 aromatic rings. The quantitative estimate of drug-likeness (QED) is 0.644. The number of likely N-dealkylation sites (tertiary alicyclic amines) is 1. The summed E-state index contributed by atoms with van der Waals surface area (Å²) >= 11 is 0. The minimum atomic E-state index is -0.0854. The Morgan fingerprint density at radius 2 is 1.93 bits per heavy atom. The molecular formula is C22H25N5O2. The molecule has 1 saturated heterocycles. The summed E-state index contributed by atoms with van der Waals surface area (Å²) in [6, 6.07) is 7.76. The molecule has 1 atom stereocenters. The van der Waals surface area contributed by atoms with Crippen molar-refractivity contribution >= 4 is 10.9 Å². The van der Waals surface area contributed by atoms with Gasteiger partial charge in [-0.15, -0.1) is 0 Å². The van der Waals surface area contributed by atoms with Gasteiger partial charge in [0.1, 0.15) is 5.82 Å². The Labute approximate surface area is 168 Å². The van der Waals surface area contributed by atoms with Crippen molar-refractivity contribution in [3.8, 4) is 0 Å². The third-order valence-corrected chi connectivity index (χ3v) is 6.12. The fraction of sp³-hybridized carbons (Fsp3) is 0.455. The fourth-order valence-electron chi connectivity index (χ4n) is 4.36. The Hall–Kier alpha value is -2.80. The summed E-state index contributed by atoms with van der Waals surface area (Å²) < 4.78 is 3.62. The second-order valence-electron chi connectivity index (χ2n) is 8.15. The molecule has 2 fully saturated rings. The van der Waals surface area contributed by atoms with E-state index in [1.165, 1.54) is 19.0 Å². The second-order valence-corrected chi connectivity index (χ2v) is 8.15. The van der Waals surface area contributed by atoms with Crippen molar-refractivity contribution in [3.63, 3.8) is 0 Å². The van der Waals surface area contributed by atoms with Crippen LogP contribution in [0.4, 0.5) is 0 Å². The molecule has 1 aliphatic heterocycles. The Bertz CT molecular complexity index is 1150. The van der Waals surface area contributed by atoms with Crippen LogP contribution in [0, 0.1) is 5.92 Å². The van der Waals surface area contributed by atoms with E-state index < -0.39 is 0 Å². The van der Waals surface area contributed by atoms with Crippen LogP contribution in [0.25, 0.3) is 10.9 Å². The fourth-order valence-corrected chi connectivity index (χ4v) is 4.36. The van der Waals surface area contributed by atoms with Crippen LogP contribution in [0.15, 0.2) is 52.4 Å². The number of hydrogen-bond donors (Lipinski definition) is 0. The first-order valence-electron chi connectivity index (χ1n) is 10.4. The van der Waals surface area contributed by atoms with Crippen molar-refractivity contribution in [2.75, 3.05) is 13.1 Å². The molecule has 1 aliphatic carbocycles. The molecule has 2 aromatic heterocycles. The molecule has 5 rings (SSSR count). The molecule has 150 valence electrons. The van der Waals surface area contributed by atoms with Crippen molar-refractivity contribution in [3.05, 3.63) is 69.4 Å². The zero-order valence-electron chi connectivity index (χ0n) is 16.4. The summed E-state index contributed by atoms with van der Waals surface area (Å²) in [5.41, 5.74) is 0.768. The first-order chi connectivity index (χ1) is 14.2. The first kappa shape index (κ1) is 18.2. The summed E-state index contributed by atoms with van der Waals surface area (Å²) in [4.78, 5) is 36.4. The highest BCUT2D eigenvalue weighted by molar-refractivity contribution is 5.77. The number of rotatable bonds is 6. The molecule has 3 heterocycles. The summed E-state index contributed by atoms with van der Waals surface area (Å²) in [6.07, 6.45) is 9.16. The first-order valence-corrected chi connectivity index (χ1v) is 10.4. The van der Waals surface area contributed by atoms with E-state index in [4.69, 9.17) is 4.98 Å². The number of benzene rings is 1. The van der Waals surface area contributed by atoms with E-state index in [1.54, 1.807) is 17.0 Å². The van der Waals surface area contributed by atoms with E-state index in [9.17, 15) is 9.59 Å². The predicted molar refractivity (Wildman–Crippen MR) is 111 cm³/mol. The summed E-state index contributed by atoms with van der Waals surface area (Å²) in [7, 11) is 0. The molecule has 0 N–H and O–H groups in total. The molecule has 2 aliphatic rings. The molecule has 0 radical (unpaired) electrons. The van der Waals surface area contributed by atoms with E-state index in [0.29, 0.717) is 17.8 Å². The van der Waals surface area contributed by atoms with Crippen molar-refractivity contribution in [2.45, 2.75) is 44.8 Å². The molecule has 0 bridgehead atoms. The lowest BCUT2D eigenvalue weighted by atomic mass is 10.1. The normalized spacial score (nSPS) is 19.8. The molecular weight excluding hydrogens is 366 g/mol. The van der Waals surface area contributed by atoms with Gasteiger partial charge in [-0.05, 0) is 50.3 Å². The van der Waals surface area contributed by atoms with Gasteiger partial charge >= 0.3 is 0 Å². The standard InChI is InChI=1S/C22H25N5O2/c28-20-14-23-9-11-26(20)13-12-25-10-3-6-19(25)21-24-18-5-2-1-4-17(18)22(29)27(21)15-16-7-8-16/h1-2,4-5,9,11,14,16,19H,3,6-8,10,12-13,15H2. The topological polar surface area (TPSA) is 73.0 Å². The van der Waals surface area contributed by atoms with E-state index in [-0.39, 0.29) is 17.2 Å². The lowest BCUT2D eigenvalue weighted by Crippen LogP contribution is -2.35. The third-order valence-electron chi connectivity index (χ3n) is 6.12. The number of aromatic nitrogens is 4. The lowest BCUT2D eigenvalue weighted by molar-refractivity contribution is 0.230. The van der Waals surface area contributed by atoms with E-state index in [1.807, 2.05) is 28.8 Å². The highest BCUT2D eigenvalue weighted by Crippen LogP contribution is 2.34. The minimum Gasteiger partial charge on any atom is -0.311 e. The molecule has 7 nitrogen and oxygen atoms in total. The van der Waals surface area contributed by atoms with Crippen LogP contribution in [-0.2, 0) is 13.1 Å². The van der Waals surface area contributed by atoms with Crippen LogP contribution in [0.2, 0.25) is 0 Å². The van der Waals surface area contributed by atoms with Crippen molar-refractivity contribution in [1.29, 1.82) is 0 Å². The maximum atomic E-state index is 13.3. The number of fused-ring (bicyclic) bond motifs is 1. The maximum Gasteiger partial charge on any atom is 0.269 e. The number of para-hydroxylation sites is 1. The van der Waals surface area contributed by atoms with Crippen LogP contribution < -0.4 is 11.1 Å². The van der Waals surface area contributed by atoms with Crippen molar-refractivity contribution in [1.82, 2.24) is 24.0 Å². The van der Waals surface area contributed by atoms with Crippen LogP contribution >= 0.6 is 0 Å². The van der Waals surface area contributed by atoms with Gasteiger partial charge in [0, 0.05) is 32.0 Å². The van der Waals surface area contributed by atoms with E-state index in [2.05, 4.69) is 9.88 Å². The highest BCUT2D eigenvalue weighted by atomic mass is 16.1. The highest BCUT2D eigenvalue weighted by Gasteiger charge is 2.32. The molecule has 0 amide bonds. The van der Waals surface area contributed by atoms with Crippen molar-refractivity contribution < 1.29 is 0 Å². The average molecular weight is 391 g/mol. The van der Waals surface area contributed by atoms with Gasteiger partial charge in [-0.25, -0.2) is 4.98 Å². The Morgan fingerprint density at radius 3 is 2.76 bits per heavy atom. The second kappa shape index (κ2) is 7.55. The minimum absolute atomic E-state index is 0.0784. The summed E-state index contributed by atoms with van der Waals surface area (Å²) in [6.45, 7) is 3.08.